The molecule has 154 valence electrons. The van der Waals surface area contributed by atoms with Gasteiger partial charge in [-0.25, -0.2) is 14.1 Å². The smallest absolute Gasteiger partial charge is 0.354 e. The maximum Gasteiger partial charge on any atom is 0.354 e. The number of benzene rings is 1. The normalized spacial score (nSPS) is 21.8. The largest absolute Gasteiger partial charge is 0.388 e. The number of urea groups is 1. The number of ether oxygens (including phenoxy) is 1. The van der Waals surface area contributed by atoms with Crippen LogP contribution in [0.25, 0.3) is 0 Å². The Bertz CT molecular complexity index is 1110. The first-order chi connectivity index (χ1) is 13.9. The van der Waals surface area contributed by atoms with E-state index in [2.05, 4.69) is 20.8 Å². The standard InChI is InChI=1S/C19H23N5O4S/c20-29(27,17-9-12-10-28-7-6-24(12)22-17)23-19(26)21-18-13-3-1-2-11(13)8-15-14(18)4-5-16(15)25/h8-9,16,25H,1-7,10H2,(H3,20,21,23,26,27). The Morgan fingerprint density at radius 3 is 3.03 bits per heavy atom. The molecule has 2 aliphatic carbocycles. The first-order valence-corrected chi connectivity index (χ1v) is 11.4. The Labute approximate surface area is 168 Å². The van der Waals surface area contributed by atoms with Crippen molar-refractivity contribution in [2.24, 2.45) is 9.50 Å². The number of aromatic nitrogens is 2. The van der Waals surface area contributed by atoms with E-state index in [-0.39, 0.29) is 5.03 Å². The second-order valence-corrected chi connectivity index (χ2v) is 9.44. The Hall–Kier alpha value is -2.27. The summed E-state index contributed by atoms with van der Waals surface area (Å²) in [6, 6.07) is 2.88. The Kier molecular flexibility index (Phi) is 4.46. The van der Waals surface area contributed by atoms with E-state index in [9.17, 15) is 14.1 Å². The van der Waals surface area contributed by atoms with Crippen molar-refractivity contribution in [1.29, 1.82) is 0 Å². The molecule has 2 aromatic rings. The summed E-state index contributed by atoms with van der Waals surface area (Å²) in [6.07, 6.45) is 3.59. The zero-order chi connectivity index (χ0) is 20.2. The summed E-state index contributed by atoms with van der Waals surface area (Å²) in [5.41, 5.74) is 5.51. The number of carbonyl (C=O) groups excluding carboxylic acids is 1. The van der Waals surface area contributed by atoms with Crippen LogP contribution < -0.4 is 10.5 Å². The topological polar surface area (TPSA) is 132 Å². The number of nitrogens with zero attached hydrogens (tertiary/aromatic N) is 3. The molecule has 2 unspecified atom stereocenters. The van der Waals surface area contributed by atoms with Crippen LogP contribution in [0.1, 0.15) is 46.9 Å². The highest BCUT2D eigenvalue weighted by Crippen LogP contribution is 2.42. The van der Waals surface area contributed by atoms with Gasteiger partial charge in [0.2, 0.25) is 0 Å². The van der Waals surface area contributed by atoms with Gasteiger partial charge in [-0.05, 0) is 54.4 Å². The Morgan fingerprint density at radius 2 is 2.21 bits per heavy atom. The van der Waals surface area contributed by atoms with Crippen molar-refractivity contribution in [3.05, 3.63) is 40.1 Å². The quantitative estimate of drug-likeness (QED) is 0.686. The van der Waals surface area contributed by atoms with Crippen LogP contribution in [0.3, 0.4) is 0 Å². The van der Waals surface area contributed by atoms with Gasteiger partial charge in [-0.1, -0.05) is 6.07 Å². The fourth-order valence-corrected chi connectivity index (χ4v) is 5.38. The number of carbonyl (C=O) groups is 1. The van der Waals surface area contributed by atoms with Crippen LogP contribution in [0.4, 0.5) is 10.5 Å². The number of amides is 2. The second kappa shape index (κ2) is 6.91. The van der Waals surface area contributed by atoms with Crippen LogP contribution in [0.5, 0.6) is 0 Å². The van der Waals surface area contributed by atoms with E-state index >= 15 is 0 Å². The van der Waals surface area contributed by atoms with Crippen molar-refractivity contribution in [2.45, 2.75) is 56.4 Å². The molecule has 1 aromatic heterocycles. The van der Waals surface area contributed by atoms with Crippen molar-refractivity contribution >= 4 is 21.6 Å². The highest BCUT2D eigenvalue weighted by atomic mass is 32.2. The number of aliphatic hydroxyl groups is 1. The van der Waals surface area contributed by atoms with Gasteiger partial charge in [0.15, 0.2) is 14.9 Å². The molecule has 0 radical (unpaired) electrons. The number of fused-ring (bicyclic) bond motifs is 3. The minimum atomic E-state index is -3.49. The van der Waals surface area contributed by atoms with E-state index in [0.717, 1.165) is 47.2 Å². The number of nitrogens with one attached hydrogen (secondary N) is 1. The molecular weight excluding hydrogens is 394 g/mol. The fraction of sp³-hybridized carbons (Fsp3) is 0.474. The average molecular weight is 417 g/mol. The molecule has 1 aromatic carbocycles. The minimum absolute atomic E-state index is 0.0760. The van der Waals surface area contributed by atoms with Crippen molar-refractivity contribution in [3.63, 3.8) is 0 Å². The summed E-state index contributed by atoms with van der Waals surface area (Å²) in [6.45, 7) is 1.43. The number of aliphatic hydroxyl groups excluding tert-OH is 1. The average Bonchev–Trinajstić information content (AvgIpc) is 3.40. The molecule has 0 spiro atoms. The molecule has 0 bridgehead atoms. The first-order valence-electron chi connectivity index (χ1n) is 9.78. The highest BCUT2D eigenvalue weighted by Gasteiger charge is 2.29. The number of rotatable bonds is 2. The third-order valence-corrected chi connectivity index (χ3v) is 7.09. The second-order valence-electron chi connectivity index (χ2n) is 7.70. The molecule has 0 saturated heterocycles. The maximum absolute atomic E-state index is 12.9. The number of anilines is 1. The van der Waals surface area contributed by atoms with Gasteiger partial charge in [0, 0.05) is 11.8 Å². The molecule has 5 rings (SSSR count). The summed E-state index contributed by atoms with van der Waals surface area (Å²) < 4.78 is 23.7. The van der Waals surface area contributed by atoms with Crippen molar-refractivity contribution in [1.82, 2.24) is 9.78 Å². The number of aryl methyl sites for hydroxylation is 1. The SMILES string of the molecule is NS(=O)(=NC(=O)Nc1c2c(cc3c1CCC3O)CCC2)c1cc2n(n1)CCOC2. The highest BCUT2D eigenvalue weighted by molar-refractivity contribution is 7.91. The van der Waals surface area contributed by atoms with Gasteiger partial charge in [-0.2, -0.15) is 5.10 Å². The summed E-state index contributed by atoms with van der Waals surface area (Å²) in [4.78, 5) is 12.7. The van der Waals surface area contributed by atoms with Crippen LogP contribution in [0.2, 0.25) is 0 Å². The molecule has 3 aliphatic rings. The zero-order valence-electron chi connectivity index (χ0n) is 15.9. The summed E-state index contributed by atoms with van der Waals surface area (Å²) in [5, 5.41) is 23.3. The summed E-state index contributed by atoms with van der Waals surface area (Å²) in [5.74, 6) is 0. The Morgan fingerprint density at radius 1 is 1.34 bits per heavy atom. The molecule has 29 heavy (non-hydrogen) atoms. The molecule has 0 fully saturated rings. The molecule has 4 N–H and O–H groups in total. The monoisotopic (exact) mass is 417 g/mol. The van der Waals surface area contributed by atoms with Gasteiger partial charge >= 0.3 is 6.03 Å². The van der Waals surface area contributed by atoms with Gasteiger partial charge in [0.25, 0.3) is 0 Å². The Balaban J connectivity index is 1.47. The number of hydrogen-bond acceptors (Lipinski definition) is 5. The van der Waals surface area contributed by atoms with Crippen molar-refractivity contribution in [3.8, 4) is 0 Å². The van der Waals surface area contributed by atoms with Gasteiger partial charge in [-0.3, -0.25) is 4.68 Å². The van der Waals surface area contributed by atoms with Gasteiger partial charge in [-0.15, -0.1) is 4.36 Å². The number of nitrogens with two attached hydrogens (primary N) is 1. The maximum atomic E-state index is 12.9. The van der Waals surface area contributed by atoms with Gasteiger partial charge < -0.3 is 15.2 Å². The molecule has 10 heteroatoms. The predicted octanol–water partition coefficient (Wildman–Crippen LogP) is 1.81. The third-order valence-electron chi connectivity index (χ3n) is 5.86. The molecule has 2 atom stereocenters. The fourth-order valence-electron chi connectivity index (χ4n) is 4.48. The van der Waals surface area contributed by atoms with E-state index in [4.69, 9.17) is 9.88 Å². The van der Waals surface area contributed by atoms with Crippen molar-refractivity contribution < 1.29 is 18.8 Å². The van der Waals surface area contributed by atoms with E-state index in [1.807, 2.05) is 0 Å². The molecule has 9 nitrogen and oxygen atoms in total. The lowest BCUT2D eigenvalue weighted by molar-refractivity contribution is 0.0799. The summed E-state index contributed by atoms with van der Waals surface area (Å²) >= 11 is 0. The van der Waals surface area contributed by atoms with E-state index in [0.29, 0.717) is 38.3 Å². The molecule has 0 saturated carbocycles. The zero-order valence-corrected chi connectivity index (χ0v) is 16.7. The predicted molar refractivity (Wildman–Crippen MR) is 106 cm³/mol. The van der Waals surface area contributed by atoms with Gasteiger partial charge in [0.05, 0.1) is 31.6 Å². The van der Waals surface area contributed by atoms with Gasteiger partial charge in [0.1, 0.15) is 0 Å². The van der Waals surface area contributed by atoms with Crippen LogP contribution in [-0.2, 0) is 47.1 Å². The lowest BCUT2D eigenvalue weighted by atomic mass is 9.98. The molecule has 2 amide bonds. The van der Waals surface area contributed by atoms with Crippen LogP contribution in [0.15, 0.2) is 21.5 Å². The summed E-state index contributed by atoms with van der Waals surface area (Å²) in [7, 11) is -3.49. The van der Waals surface area contributed by atoms with Crippen LogP contribution in [0, 0.1) is 0 Å². The number of hydrogen-bond donors (Lipinski definition) is 3. The lowest BCUT2D eigenvalue weighted by Gasteiger charge is -2.15. The molecule has 2 heterocycles. The minimum Gasteiger partial charge on any atom is -0.388 e. The van der Waals surface area contributed by atoms with Crippen LogP contribution in [-0.4, -0.2) is 31.7 Å². The van der Waals surface area contributed by atoms with E-state index in [1.165, 1.54) is 0 Å². The van der Waals surface area contributed by atoms with E-state index in [1.54, 1.807) is 10.7 Å². The molecular formula is C19H23N5O4S. The lowest BCUT2D eigenvalue weighted by Crippen LogP contribution is -2.20. The first kappa shape index (κ1) is 18.7. The van der Waals surface area contributed by atoms with E-state index < -0.39 is 22.1 Å². The third kappa shape index (κ3) is 3.25. The molecule has 1 aliphatic heterocycles. The van der Waals surface area contributed by atoms with Crippen LogP contribution >= 0.6 is 0 Å². The van der Waals surface area contributed by atoms with Crippen molar-refractivity contribution in [2.75, 3.05) is 11.9 Å².